The molecular weight excluding hydrogens is 729 g/mol. The fourth-order valence-corrected chi connectivity index (χ4v) is 8.76. The molecule has 0 spiro atoms. The van der Waals surface area contributed by atoms with Crippen LogP contribution >= 0.6 is 0 Å². The Morgan fingerprint density at radius 3 is 1.48 bits per heavy atom. The fourth-order valence-electron chi connectivity index (χ4n) is 8.76. The molecule has 4 rings (SSSR count). The smallest absolute Gasteiger partial charge is 0.311 e. The second-order valence-corrected chi connectivity index (χ2v) is 17.9. The Morgan fingerprint density at radius 2 is 1.03 bits per heavy atom. The van der Waals surface area contributed by atoms with Crippen molar-refractivity contribution in [3.63, 3.8) is 0 Å². The number of carbonyl (C=O) groups excluding carboxylic acids is 2. The zero-order chi connectivity index (χ0) is 43.3. The minimum absolute atomic E-state index is 0.0390. The Kier molecular flexibility index (Phi) is 15.0. The maximum Gasteiger partial charge on any atom is 0.311 e. The predicted molar refractivity (Wildman–Crippen MR) is 235 cm³/mol. The van der Waals surface area contributed by atoms with Gasteiger partial charge in [-0.1, -0.05) is 127 Å². The van der Waals surface area contributed by atoms with Crippen LogP contribution in [0.2, 0.25) is 0 Å². The van der Waals surface area contributed by atoms with E-state index in [2.05, 4.69) is 81.4 Å². The van der Waals surface area contributed by atoms with Gasteiger partial charge in [-0.05, 0) is 64.9 Å². The van der Waals surface area contributed by atoms with Crippen LogP contribution in [0, 0.1) is 25.7 Å². The molecule has 2 N–H and O–H groups in total. The van der Waals surface area contributed by atoms with Crippen LogP contribution in [0.15, 0.2) is 71.8 Å². The molecule has 0 aromatic heterocycles. The standard InChI is InChI=1S/C50H66O8/c1-29(2)25-31(5)27-49(11,12)43-33(7)45(37-19-15-17-21-39(37)47(43)55-35(9)51)57-41(53)23-24-42(54)58-46-34(8)44(50(13,14)28-32(6)26-30(3)4)48(56-36(10)52)40-22-18-16-20-38(40)46/h15-22,27-30,35,41,51,53H,23-26H2,1-14H3/b31-27+,32-28+. The Labute approximate surface area is 346 Å². The highest BCUT2D eigenvalue weighted by atomic mass is 16.6. The van der Waals surface area contributed by atoms with Crippen molar-refractivity contribution in [2.45, 2.75) is 146 Å². The highest BCUT2D eigenvalue weighted by Gasteiger charge is 2.33. The van der Waals surface area contributed by atoms with Crippen LogP contribution in [-0.2, 0) is 20.4 Å². The van der Waals surface area contributed by atoms with Gasteiger partial charge in [-0.3, -0.25) is 9.59 Å². The quantitative estimate of drug-likeness (QED) is 0.0470. The van der Waals surface area contributed by atoms with E-state index in [-0.39, 0.29) is 12.8 Å². The van der Waals surface area contributed by atoms with Gasteiger partial charge in [0.1, 0.15) is 23.0 Å². The van der Waals surface area contributed by atoms with E-state index in [0.29, 0.717) is 56.6 Å². The highest BCUT2D eigenvalue weighted by Crippen LogP contribution is 2.49. The van der Waals surface area contributed by atoms with Gasteiger partial charge in [0.05, 0.1) is 6.42 Å². The van der Waals surface area contributed by atoms with Gasteiger partial charge in [0.15, 0.2) is 12.6 Å². The molecule has 0 bridgehead atoms. The van der Waals surface area contributed by atoms with E-state index < -0.39 is 35.3 Å². The van der Waals surface area contributed by atoms with Crippen LogP contribution in [0.25, 0.3) is 21.5 Å². The molecule has 4 aromatic rings. The van der Waals surface area contributed by atoms with Gasteiger partial charge in [-0.25, -0.2) is 0 Å². The highest BCUT2D eigenvalue weighted by molar-refractivity contribution is 5.99. The van der Waals surface area contributed by atoms with Crippen molar-refractivity contribution in [1.82, 2.24) is 0 Å². The summed E-state index contributed by atoms with van der Waals surface area (Å²) in [6, 6.07) is 15.0. The number of aliphatic hydroxyl groups is 2. The molecule has 0 amide bonds. The van der Waals surface area contributed by atoms with Crippen LogP contribution in [0.3, 0.4) is 0 Å². The number of fused-ring (bicyclic) bond motifs is 2. The van der Waals surface area contributed by atoms with Crippen LogP contribution in [0.5, 0.6) is 23.0 Å². The second-order valence-electron chi connectivity index (χ2n) is 17.9. The molecule has 0 aliphatic carbocycles. The first kappa shape index (κ1) is 46.0. The topological polar surface area (TPSA) is 112 Å². The van der Waals surface area contributed by atoms with Crippen LogP contribution in [-0.4, -0.2) is 34.7 Å². The van der Waals surface area contributed by atoms with Crippen LogP contribution in [0.1, 0.15) is 131 Å². The largest absolute Gasteiger partial charge is 0.464 e. The molecule has 0 saturated carbocycles. The van der Waals surface area contributed by atoms with E-state index in [1.807, 2.05) is 62.4 Å². The number of hydrogen-bond acceptors (Lipinski definition) is 8. The van der Waals surface area contributed by atoms with Crippen LogP contribution < -0.4 is 18.9 Å². The molecule has 8 heteroatoms. The lowest BCUT2D eigenvalue weighted by atomic mass is 9.77. The Morgan fingerprint density at radius 1 is 0.621 bits per heavy atom. The Bertz CT molecular complexity index is 2180. The lowest BCUT2D eigenvalue weighted by molar-refractivity contribution is -0.136. The van der Waals surface area contributed by atoms with Gasteiger partial charge in [0.2, 0.25) is 0 Å². The number of carbonyl (C=O) groups is 2. The molecule has 58 heavy (non-hydrogen) atoms. The molecule has 8 nitrogen and oxygen atoms in total. The number of allylic oxidation sites excluding steroid dienone is 4. The van der Waals surface area contributed by atoms with E-state index in [0.717, 1.165) is 34.9 Å². The summed E-state index contributed by atoms with van der Waals surface area (Å²) in [7, 11) is 0. The average Bonchev–Trinajstić information content (AvgIpc) is 3.08. The van der Waals surface area contributed by atoms with Crippen molar-refractivity contribution in [1.29, 1.82) is 0 Å². The number of hydrogen-bond donors (Lipinski definition) is 2. The molecule has 0 saturated heterocycles. The summed E-state index contributed by atoms with van der Waals surface area (Å²) in [5.41, 5.74) is 4.36. The van der Waals surface area contributed by atoms with E-state index in [1.165, 1.54) is 18.1 Å². The van der Waals surface area contributed by atoms with Crippen molar-refractivity contribution >= 4 is 33.5 Å². The van der Waals surface area contributed by atoms with Gasteiger partial charge >= 0.3 is 11.9 Å². The van der Waals surface area contributed by atoms with Gasteiger partial charge in [0.25, 0.3) is 0 Å². The van der Waals surface area contributed by atoms with Crippen LogP contribution in [0.4, 0.5) is 0 Å². The zero-order valence-electron chi connectivity index (χ0n) is 37.3. The summed E-state index contributed by atoms with van der Waals surface area (Å²) in [5, 5.41) is 24.6. The summed E-state index contributed by atoms with van der Waals surface area (Å²) in [6.45, 7) is 28.1. The van der Waals surface area contributed by atoms with Gasteiger partial charge < -0.3 is 29.2 Å². The second kappa shape index (κ2) is 18.9. The summed E-state index contributed by atoms with van der Waals surface area (Å²) in [4.78, 5) is 26.2. The van der Waals surface area contributed by atoms with Crippen molar-refractivity contribution in [2.24, 2.45) is 11.8 Å². The van der Waals surface area contributed by atoms with E-state index in [9.17, 15) is 19.8 Å². The number of aliphatic hydroxyl groups excluding tert-OH is 2. The first-order chi connectivity index (χ1) is 27.0. The third kappa shape index (κ3) is 11.1. The van der Waals surface area contributed by atoms with Crippen molar-refractivity contribution in [2.75, 3.05) is 0 Å². The first-order valence-corrected chi connectivity index (χ1v) is 20.6. The number of rotatable bonds is 17. The van der Waals surface area contributed by atoms with E-state index >= 15 is 0 Å². The molecule has 0 radical (unpaired) electrons. The van der Waals surface area contributed by atoms with Crippen molar-refractivity contribution in [3.05, 3.63) is 94.1 Å². The third-order valence-electron chi connectivity index (χ3n) is 10.3. The lowest BCUT2D eigenvalue weighted by Crippen LogP contribution is -2.24. The minimum Gasteiger partial charge on any atom is -0.464 e. The third-order valence-corrected chi connectivity index (χ3v) is 10.3. The lowest BCUT2D eigenvalue weighted by Gasteiger charge is -2.31. The summed E-state index contributed by atoms with van der Waals surface area (Å²) < 4.78 is 24.6. The summed E-state index contributed by atoms with van der Waals surface area (Å²) in [5.74, 6) is 1.83. The maximum atomic E-state index is 13.7. The van der Waals surface area contributed by atoms with Gasteiger partial charge in [0, 0.05) is 62.4 Å². The normalized spacial score (nSPS) is 14.0. The maximum absolute atomic E-state index is 13.7. The molecule has 4 aromatic carbocycles. The molecule has 0 fully saturated rings. The molecular formula is C50H66O8. The molecule has 2 atom stereocenters. The van der Waals surface area contributed by atoms with Gasteiger partial charge in [-0.15, -0.1) is 0 Å². The fraction of sp³-hybridized carbons (Fsp3) is 0.480. The molecule has 0 aliphatic heterocycles. The van der Waals surface area contributed by atoms with Crippen molar-refractivity contribution in [3.8, 4) is 23.0 Å². The first-order valence-electron chi connectivity index (χ1n) is 20.6. The minimum atomic E-state index is -1.35. The summed E-state index contributed by atoms with van der Waals surface area (Å²) in [6.07, 6.45) is 3.68. The average molecular weight is 795 g/mol. The molecule has 314 valence electrons. The number of ether oxygens (including phenoxy) is 4. The predicted octanol–water partition coefficient (Wildman–Crippen LogP) is 11.9. The number of esters is 2. The zero-order valence-corrected chi connectivity index (χ0v) is 37.3. The van der Waals surface area contributed by atoms with Crippen molar-refractivity contribution < 1.29 is 38.7 Å². The molecule has 2 unspecified atom stereocenters. The summed E-state index contributed by atoms with van der Waals surface area (Å²) >= 11 is 0. The van der Waals surface area contributed by atoms with Gasteiger partial charge in [-0.2, -0.15) is 0 Å². The Balaban J connectivity index is 1.72. The molecule has 0 heterocycles. The SMILES string of the molecule is CC(=O)Oc1c(C(C)(C)/C=C(\C)CC(C)C)c(C)c(OC(=O)CCC(O)Oc2c(C)c(C(C)(C)/C=C(\C)CC(C)C)c(OC(C)O)c3ccccc23)c2ccccc12. The number of benzene rings is 4. The van der Waals surface area contributed by atoms with E-state index in [4.69, 9.17) is 18.9 Å². The monoisotopic (exact) mass is 794 g/mol. The molecule has 0 aliphatic rings. The van der Waals surface area contributed by atoms with E-state index in [1.54, 1.807) is 6.92 Å². The Hall–Kier alpha value is -4.66.